The van der Waals surface area contributed by atoms with Gasteiger partial charge in [-0.05, 0) is 56.5 Å². The van der Waals surface area contributed by atoms with Crippen molar-refractivity contribution in [3.63, 3.8) is 0 Å². The van der Waals surface area contributed by atoms with Gasteiger partial charge in [0.2, 0.25) is 0 Å². The minimum atomic E-state index is -0.0503. The molecule has 0 aliphatic carbocycles. The highest BCUT2D eigenvalue weighted by Gasteiger charge is 2.31. The van der Waals surface area contributed by atoms with Crippen LogP contribution in [0.4, 0.5) is 5.69 Å². The monoisotopic (exact) mass is 464 g/mol. The molecule has 1 atom stereocenters. The predicted octanol–water partition coefficient (Wildman–Crippen LogP) is 3.07. The molecule has 1 aromatic carbocycles. The summed E-state index contributed by atoms with van der Waals surface area (Å²) in [5.41, 5.74) is 11.3. The molecule has 182 valence electrons. The van der Waals surface area contributed by atoms with Crippen LogP contribution in [0.1, 0.15) is 37.2 Å². The molecule has 1 aromatic heterocycles. The number of rotatable bonds is 9. The van der Waals surface area contributed by atoms with Crippen molar-refractivity contribution >= 4 is 17.0 Å². The lowest BCUT2D eigenvalue weighted by molar-refractivity contribution is -0.111. The van der Waals surface area contributed by atoms with Crippen molar-refractivity contribution in [3.8, 4) is 5.75 Å². The highest BCUT2D eigenvalue weighted by Crippen LogP contribution is 2.34. The number of fused-ring (bicyclic) bond motifs is 1. The Labute approximate surface area is 202 Å². The fourth-order valence-corrected chi connectivity index (χ4v) is 5.00. The zero-order valence-corrected chi connectivity index (χ0v) is 20.5. The number of nitrogens with two attached hydrogens (primary N) is 1. The minimum absolute atomic E-state index is 0.0503. The summed E-state index contributed by atoms with van der Waals surface area (Å²) in [5, 5.41) is 0. The molecule has 34 heavy (non-hydrogen) atoms. The number of Topliss-reactive ketones (excluding diaryl/α,β-unsaturated/α-hetero) is 1. The van der Waals surface area contributed by atoms with E-state index in [2.05, 4.69) is 28.0 Å². The van der Waals surface area contributed by atoms with E-state index in [1.54, 1.807) is 21.0 Å². The van der Waals surface area contributed by atoms with Crippen LogP contribution in [0.3, 0.4) is 0 Å². The first-order valence-corrected chi connectivity index (χ1v) is 12.1. The Bertz CT molecular complexity index is 1020. The molecule has 1 fully saturated rings. The fourth-order valence-electron chi connectivity index (χ4n) is 5.00. The molecule has 7 nitrogen and oxygen atoms in total. The third kappa shape index (κ3) is 5.59. The number of allylic oxidation sites excluding steroid dienone is 2. The van der Waals surface area contributed by atoms with Crippen molar-refractivity contribution < 1.29 is 14.3 Å². The van der Waals surface area contributed by atoms with Gasteiger partial charge in [0.15, 0.2) is 5.78 Å². The summed E-state index contributed by atoms with van der Waals surface area (Å²) in [5.74, 6) is 0.830. The second-order valence-electron chi connectivity index (χ2n) is 9.17. The Kier molecular flexibility index (Phi) is 7.85. The standard InChI is InChI=1S/C27H36N4O3/c1-19(28)27(20(2)32)24-10-11-26-25(29-24)18-22(7-4-21-5-8-23(33-3)9-6-21)31(26)13-12-30-14-16-34-17-15-30/h5-6,8-11,22H,4,7,12-18,28H2,1-3H3. The van der Waals surface area contributed by atoms with E-state index in [1.165, 1.54) is 11.3 Å². The molecule has 0 amide bonds. The van der Waals surface area contributed by atoms with Crippen LogP contribution in [0.15, 0.2) is 42.1 Å². The van der Waals surface area contributed by atoms with Crippen molar-refractivity contribution in [1.29, 1.82) is 0 Å². The van der Waals surface area contributed by atoms with Gasteiger partial charge in [0.05, 0.1) is 43.0 Å². The quantitative estimate of drug-likeness (QED) is 0.571. The van der Waals surface area contributed by atoms with Crippen LogP contribution in [0, 0.1) is 0 Å². The number of carbonyl (C=O) groups excluding carboxylic acids is 1. The van der Waals surface area contributed by atoms with Crippen molar-refractivity contribution in [3.05, 3.63) is 59.0 Å². The molecule has 3 heterocycles. The maximum absolute atomic E-state index is 12.2. The molecule has 2 aliphatic rings. The molecular weight excluding hydrogens is 428 g/mol. The third-order valence-corrected chi connectivity index (χ3v) is 6.82. The Morgan fingerprint density at radius 3 is 2.50 bits per heavy atom. The van der Waals surface area contributed by atoms with Crippen LogP contribution in [-0.2, 0) is 22.4 Å². The van der Waals surface area contributed by atoms with Crippen LogP contribution in [0.2, 0.25) is 0 Å². The van der Waals surface area contributed by atoms with Gasteiger partial charge in [-0.3, -0.25) is 14.7 Å². The average molecular weight is 465 g/mol. The van der Waals surface area contributed by atoms with Crippen LogP contribution >= 0.6 is 0 Å². The highest BCUT2D eigenvalue weighted by atomic mass is 16.5. The van der Waals surface area contributed by atoms with E-state index in [4.69, 9.17) is 20.2 Å². The van der Waals surface area contributed by atoms with Crippen molar-refractivity contribution in [2.45, 2.75) is 39.2 Å². The Balaban J connectivity index is 1.53. The maximum Gasteiger partial charge on any atom is 0.163 e. The third-order valence-electron chi connectivity index (χ3n) is 6.82. The van der Waals surface area contributed by atoms with Gasteiger partial charge in [0.1, 0.15) is 5.75 Å². The highest BCUT2D eigenvalue weighted by molar-refractivity contribution is 6.19. The number of morpholine rings is 1. The van der Waals surface area contributed by atoms with Gasteiger partial charge in [-0.1, -0.05) is 12.1 Å². The van der Waals surface area contributed by atoms with Crippen molar-refractivity contribution in [2.75, 3.05) is 51.4 Å². The van der Waals surface area contributed by atoms with Gasteiger partial charge < -0.3 is 20.1 Å². The van der Waals surface area contributed by atoms with E-state index in [1.807, 2.05) is 18.2 Å². The Morgan fingerprint density at radius 2 is 1.85 bits per heavy atom. The molecule has 7 heteroatoms. The van der Waals surface area contributed by atoms with E-state index in [0.29, 0.717) is 23.0 Å². The summed E-state index contributed by atoms with van der Waals surface area (Å²) >= 11 is 0. The topological polar surface area (TPSA) is 80.9 Å². The zero-order valence-electron chi connectivity index (χ0n) is 20.5. The minimum Gasteiger partial charge on any atom is -0.497 e. The number of methoxy groups -OCH3 is 1. The predicted molar refractivity (Wildman–Crippen MR) is 135 cm³/mol. The molecule has 2 aliphatic heterocycles. The molecule has 0 saturated carbocycles. The summed E-state index contributed by atoms with van der Waals surface area (Å²) in [6, 6.07) is 12.8. The number of aromatic nitrogens is 1. The summed E-state index contributed by atoms with van der Waals surface area (Å²) < 4.78 is 10.8. The molecular formula is C27H36N4O3. The molecule has 4 rings (SSSR count). The van der Waals surface area contributed by atoms with E-state index >= 15 is 0 Å². The number of hydrogen-bond donors (Lipinski definition) is 1. The first-order valence-electron chi connectivity index (χ1n) is 12.1. The van der Waals surface area contributed by atoms with Crippen LogP contribution in [-0.4, -0.2) is 68.2 Å². The number of hydrogen-bond acceptors (Lipinski definition) is 7. The van der Waals surface area contributed by atoms with E-state index in [0.717, 1.165) is 70.1 Å². The zero-order chi connectivity index (χ0) is 24.1. The summed E-state index contributed by atoms with van der Waals surface area (Å²) in [6.07, 6.45) is 2.90. The van der Waals surface area contributed by atoms with Crippen LogP contribution in [0.25, 0.3) is 5.57 Å². The van der Waals surface area contributed by atoms with Crippen LogP contribution < -0.4 is 15.4 Å². The number of anilines is 1. The summed E-state index contributed by atoms with van der Waals surface area (Å²) in [6.45, 7) is 8.84. The summed E-state index contributed by atoms with van der Waals surface area (Å²) in [7, 11) is 1.69. The second kappa shape index (κ2) is 11.0. The van der Waals surface area contributed by atoms with E-state index in [-0.39, 0.29) is 5.78 Å². The number of ketones is 1. The Hall–Kier alpha value is -2.90. The second-order valence-corrected chi connectivity index (χ2v) is 9.17. The van der Waals surface area contributed by atoms with E-state index in [9.17, 15) is 4.79 Å². The first-order chi connectivity index (χ1) is 16.5. The molecule has 0 radical (unpaired) electrons. The Morgan fingerprint density at radius 1 is 1.12 bits per heavy atom. The normalized spacial score (nSPS) is 19.0. The number of carbonyl (C=O) groups is 1. The number of aryl methyl sites for hydroxylation is 1. The lowest BCUT2D eigenvalue weighted by Gasteiger charge is -2.32. The SMILES string of the molecule is COc1ccc(CCC2Cc3nc(C(C(C)=O)=C(C)N)ccc3N2CCN2CCOCC2)cc1. The van der Waals surface area contributed by atoms with Crippen LogP contribution in [0.5, 0.6) is 5.75 Å². The van der Waals surface area contributed by atoms with Gasteiger partial charge >= 0.3 is 0 Å². The molecule has 0 bridgehead atoms. The van der Waals surface area contributed by atoms with Gasteiger partial charge in [-0.15, -0.1) is 0 Å². The molecule has 0 spiro atoms. The van der Waals surface area contributed by atoms with Gasteiger partial charge in [-0.2, -0.15) is 0 Å². The van der Waals surface area contributed by atoms with Gasteiger partial charge in [0.25, 0.3) is 0 Å². The molecule has 1 saturated heterocycles. The number of ether oxygens (including phenoxy) is 2. The van der Waals surface area contributed by atoms with Gasteiger partial charge in [-0.25, -0.2) is 0 Å². The van der Waals surface area contributed by atoms with Crippen molar-refractivity contribution in [1.82, 2.24) is 9.88 Å². The largest absolute Gasteiger partial charge is 0.497 e. The maximum atomic E-state index is 12.2. The summed E-state index contributed by atoms with van der Waals surface area (Å²) in [4.78, 5) is 22.1. The number of nitrogens with zero attached hydrogens (tertiary/aromatic N) is 3. The van der Waals surface area contributed by atoms with E-state index < -0.39 is 0 Å². The lowest BCUT2D eigenvalue weighted by atomic mass is 10.0. The van der Waals surface area contributed by atoms with Gasteiger partial charge in [0, 0.05) is 44.3 Å². The molecule has 1 unspecified atom stereocenters. The average Bonchev–Trinajstić information content (AvgIpc) is 3.18. The first kappa shape index (κ1) is 24.2. The lowest BCUT2D eigenvalue weighted by Crippen LogP contribution is -2.43. The van der Waals surface area contributed by atoms with Crippen molar-refractivity contribution in [2.24, 2.45) is 5.73 Å². The smallest absolute Gasteiger partial charge is 0.163 e. The molecule has 2 N–H and O–H groups in total. The molecule has 2 aromatic rings. The number of pyridine rings is 1. The fraction of sp³-hybridized carbons (Fsp3) is 0.481. The number of benzene rings is 1.